The maximum atomic E-state index is 13.2. The van der Waals surface area contributed by atoms with Crippen LogP contribution < -0.4 is 10.5 Å². The van der Waals surface area contributed by atoms with E-state index in [9.17, 15) is 4.39 Å². The molecule has 3 nitrogen and oxygen atoms in total. The lowest BCUT2D eigenvalue weighted by atomic mass is 10.3. The molecule has 2 N–H and O–H groups in total. The average molecular weight is 213 g/mol. The van der Waals surface area contributed by atoms with Gasteiger partial charge < -0.3 is 15.2 Å². The highest BCUT2D eigenvalue weighted by Crippen LogP contribution is 2.24. The van der Waals surface area contributed by atoms with Crippen LogP contribution in [0.1, 0.15) is 13.3 Å². The molecule has 0 radical (unpaired) electrons. The number of ether oxygens (including phenoxy) is 2. The first-order valence-corrected chi connectivity index (χ1v) is 5.00. The summed E-state index contributed by atoms with van der Waals surface area (Å²) >= 11 is 0. The van der Waals surface area contributed by atoms with Crippen LogP contribution in [0.15, 0.2) is 18.2 Å². The van der Waals surface area contributed by atoms with E-state index in [1.54, 1.807) is 12.1 Å². The summed E-state index contributed by atoms with van der Waals surface area (Å²) in [6.45, 7) is 3.63. The lowest BCUT2D eigenvalue weighted by molar-refractivity contribution is 0.130. The highest BCUT2D eigenvalue weighted by atomic mass is 19.1. The van der Waals surface area contributed by atoms with Crippen molar-refractivity contribution in [3.63, 3.8) is 0 Å². The summed E-state index contributed by atoms with van der Waals surface area (Å²) in [4.78, 5) is 0. The van der Waals surface area contributed by atoms with Gasteiger partial charge in [0, 0.05) is 19.6 Å². The third kappa shape index (κ3) is 3.75. The molecule has 0 aliphatic heterocycles. The summed E-state index contributed by atoms with van der Waals surface area (Å²) in [6, 6.07) is 4.49. The second-order valence-electron chi connectivity index (χ2n) is 3.06. The molecule has 84 valence electrons. The van der Waals surface area contributed by atoms with E-state index in [1.165, 1.54) is 6.07 Å². The lowest BCUT2D eigenvalue weighted by Gasteiger charge is -2.09. The largest absolute Gasteiger partial charge is 0.488 e. The van der Waals surface area contributed by atoms with Crippen LogP contribution >= 0.6 is 0 Å². The van der Waals surface area contributed by atoms with Gasteiger partial charge in [0.15, 0.2) is 11.6 Å². The van der Waals surface area contributed by atoms with Crippen molar-refractivity contribution in [2.24, 2.45) is 0 Å². The van der Waals surface area contributed by atoms with E-state index in [0.29, 0.717) is 25.5 Å². The predicted molar refractivity (Wildman–Crippen MR) is 57.4 cm³/mol. The Labute approximate surface area is 89.0 Å². The normalized spacial score (nSPS) is 10.3. The fourth-order valence-corrected chi connectivity index (χ4v) is 1.16. The van der Waals surface area contributed by atoms with Gasteiger partial charge in [0.25, 0.3) is 0 Å². The number of anilines is 1. The first kappa shape index (κ1) is 11.8. The second-order valence-corrected chi connectivity index (χ2v) is 3.06. The van der Waals surface area contributed by atoms with Gasteiger partial charge in [-0.1, -0.05) is 6.07 Å². The number of nitrogen functional groups attached to an aromatic ring is 1. The molecule has 4 heteroatoms. The minimum Gasteiger partial charge on any atom is -0.488 e. The Bertz CT molecular complexity index is 284. The number of hydrogen-bond donors (Lipinski definition) is 1. The smallest absolute Gasteiger partial charge is 0.177 e. The van der Waals surface area contributed by atoms with Crippen LogP contribution in [0.25, 0.3) is 0 Å². The van der Waals surface area contributed by atoms with Crippen LogP contribution in [0.3, 0.4) is 0 Å². The van der Waals surface area contributed by atoms with Crippen LogP contribution in [0, 0.1) is 5.82 Å². The van der Waals surface area contributed by atoms with Crippen molar-refractivity contribution in [1.82, 2.24) is 0 Å². The van der Waals surface area contributed by atoms with Gasteiger partial charge in [-0.25, -0.2) is 4.39 Å². The third-order valence-electron chi connectivity index (χ3n) is 1.88. The number of benzene rings is 1. The van der Waals surface area contributed by atoms with E-state index in [1.807, 2.05) is 6.92 Å². The molecule has 0 amide bonds. The van der Waals surface area contributed by atoms with Gasteiger partial charge >= 0.3 is 0 Å². The number of rotatable bonds is 6. The molecular formula is C11H16FNO2. The quantitative estimate of drug-likeness (QED) is 0.582. The molecule has 0 fully saturated rings. The zero-order chi connectivity index (χ0) is 11.1. The summed E-state index contributed by atoms with van der Waals surface area (Å²) in [5.74, 6) is -0.291. The van der Waals surface area contributed by atoms with Crippen molar-refractivity contribution in [1.29, 1.82) is 0 Å². The molecule has 1 aromatic rings. The Hall–Kier alpha value is -1.29. The highest BCUT2D eigenvalue weighted by molar-refractivity contribution is 5.52. The van der Waals surface area contributed by atoms with E-state index in [0.717, 1.165) is 6.42 Å². The van der Waals surface area contributed by atoms with Crippen molar-refractivity contribution in [3.05, 3.63) is 24.0 Å². The van der Waals surface area contributed by atoms with Gasteiger partial charge in [-0.05, 0) is 19.1 Å². The van der Waals surface area contributed by atoms with Crippen LogP contribution in [-0.2, 0) is 4.74 Å². The third-order valence-corrected chi connectivity index (χ3v) is 1.88. The van der Waals surface area contributed by atoms with Gasteiger partial charge in [-0.15, -0.1) is 0 Å². The van der Waals surface area contributed by atoms with Gasteiger partial charge in [-0.3, -0.25) is 0 Å². The zero-order valence-electron chi connectivity index (χ0n) is 8.83. The molecule has 0 bridgehead atoms. The summed E-state index contributed by atoms with van der Waals surface area (Å²) in [6.07, 6.45) is 0.724. The Morgan fingerprint density at radius 3 is 2.80 bits per heavy atom. The van der Waals surface area contributed by atoms with E-state index in [4.69, 9.17) is 15.2 Å². The van der Waals surface area contributed by atoms with Crippen molar-refractivity contribution in [3.8, 4) is 5.75 Å². The van der Waals surface area contributed by atoms with E-state index >= 15 is 0 Å². The van der Waals surface area contributed by atoms with Crippen molar-refractivity contribution in [2.45, 2.75) is 13.3 Å². The number of halogens is 1. The predicted octanol–water partition coefficient (Wildman–Crippen LogP) is 2.21. The maximum Gasteiger partial charge on any atom is 0.177 e. The fourth-order valence-electron chi connectivity index (χ4n) is 1.16. The molecule has 0 aromatic heterocycles. The summed E-state index contributed by atoms with van der Waals surface area (Å²) in [7, 11) is 0. The minimum atomic E-state index is -0.425. The standard InChI is InChI=1S/C11H16FNO2/c1-2-14-7-4-8-15-11-9(12)5-3-6-10(11)13/h3,5-6H,2,4,7-8,13H2,1H3. The van der Waals surface area contributed by atoms with Crippen LogP contribution in [-0.4, -0.2) is 19.8 Å². The Morgan fingerprint density at radius 1 is 1.33 bits per heavy atom. The Kier molecular flexibility index (Phi) is 4.90. The Morgan fingerprint density at radius 2 is 2.13 bits per heavy atom. The minimum absolute atomic E-state index is 0.133. The molecular weight excluding hydrogens is 197 g/mol. The van der Waals surface area contributed by atoms with Crippen LogP contribution in [0.5, 0.6) is 5.75 Å². The molecule has 0 unspecified atom stereocenters. The SMILES string of the molecule is CCOCCCOc1c(N)cccc1F. The molecule has 0 heterocycles. The van der Waals surface area contributed by atoms with Crippen LogP contribution in [0.2, 0.25) is 0 Å². The Balaban J connectivity index is 2.37. The topological polar surface area (TPSA) is 44.5 Å². The molecule has 0 atom stereocenters. The van der Waals surface area contributed by atoms with Gasteiger partial charge in [-0.2, -0.15) is 0 Å². The monoisotopic (exact) mass is 213 g/mol. The van der Waals surface area contributed by atoms with Gasteiger partial charge in [0.1, 0.15) is 0 Å². The number of para-hydroxylation sites is 1. The molecule has 15 heavy (non-hydrogen) atoms. The molecule has 0 saturated carbocycles. The zero-order valence-corrected chi connectivity index (χ0v) is 8.83. The maximum absolute atomic E-state index is 13.2. The molecule has 0 aliphatic rings. The van der Waals surface area contributed by atoms with Crippen LogP contribution in [0.4, 0.5) is 10.1 Å². The van der Waals surface area contributed by atoms with Gasteiger partial charge in [0.2, 0.25) is 0 Å². The average Bonchev–Trinajstić information content (AvgIpc) is 2.21. The van der Waals surface area contributed by atoms with Crippen molar-refractivity contribution in [2.75, 3.05) is 25.6 Å². The molecule has 0 saturated heterocycles. The molecule has 0 aliphatic carbocycles. The highest BCUT2D eigenvalue weighted by Gasteiger charge is 2.06. The fraction of sp³-hybridized carbons (Fsp3) is 0.455. The van der Waals surface area contributed by atoms with Crippen molar-refractivity contribution >= 4 is 5.69 Å². The lowest BCUT2D eigenvalue weighted by Crippen LogP contribution is -2.05. The van der Waals surface area contributed by atoms with E-state index in [2.05, 4.69) is 0 Å². The molecule has 0 spiro atoms. The molecule has 1 aromatic carbocycles. The summed E-state index contributed by atoms with van der Waals surface area (Å²) in [5, 5.41) is 0. The van der Waals surface area contributed by atoms with E-state index < -0.39 is 5.82 Å². The molecule has 1 rings (SSSR count). The van der Waals surface area contributed by atoms with Gasteiger partial charge in [0.05, 0.1) is 12.3 Å². The van der Waals surface area contributed by atoms with E-state index in [-0.39, 0.29) is 5.75 Å². The first-order valence-electron chi connectivity index (χ1n) is 5.00. The second kappa shape index (κ2) is 6.24. The first-order chi connectivity index (χ1) is 7.25. The summed E-state index contributed by atoms with van der Waals surface area (Å²) < 4.78 is 23.6. The van der Waals surface area contributed by atoms with Crippen molar-refractivity contribution < 1.29 is 13.9 Å². The number of hydrogen-bond acceptors (Lipinski definition) is 3. The summed E-state index contributed by atoms with van der Waals surface area (Å²) in [5.41, 5.74) is 5.89. The number of nitrogens with two attached hydrogens (primary N) is 1.